The van der Waals surface area contributed by atoms with Crippen LogP contribution in [0.5, 0.6) is 0 Å². The van der Waals surface area contributed by atoms with Crippen molar-refractivity contribution in [2.45, 2.75) is 6.54 Å². The predicted octanol–water partition coefficient (Wildman–Crippen LogP) is 2.66. The zero-order valence-electron chi connectivity index (χ0n) is 8.37. The number of nitrogens with one attached hydrogen (secondary N) is 2. The van der Waals surface area contributed by atoms with E-state index in [0.717, 1.165) is 15.7 Å². The first kappa shape index (κ1) is 10.7. The summed E-state index contributed by atoms with van der Waals surface area (Å²) < 4.78 is 0.798. The van der Waals surface area contributed by atoms with E-state index in [1.807, 2.05) is 24.4 Å². The Morgan fingerprint density at radius 1 is 1.50 bits per heavy atom. The molecule has 0 fully saturated rings. The number of anilines is 1. The van der Waals surface area contributed by atoms with Gasteiger partial charge in [0.25, 0.3) is 0 Å². The quantitative estimate of drug-likeness (QED) is 0.906. The summed E-state index contributed by atoms with van der Waals surface area (Å²) in [5, 5.41) is 18.8. The summed E-state index contributed by atoms with van der Waals surface area (Å²) in [5.74, 6) is 0. The van der Waals surface area contributed by atoms with Crippen molar-refractivity contribution in [3.05, 3.63) is 46.2 Å². The van der Waals surface area contributed by atoms with Crippen molar-refractivity contribution in [1.82, 2.24) is 10.2 Å². The van der Waals surface area contributed by atoms with Crippen LogP contribution in [0.4, 0.5) is 5.69 Å². The van der Waals surface area contributed by atoms with E-state index in [2.05, 4.69) is 37.5 Å². The molecule has 0 atom stereocenters. The molecule has 16 heavy (non-hydrogen) atoms. The molecule has 0 spiro atoms. The number of rotatable bonds is 3. The van der Waals surface area contributed by atoms with Gasteiger partial charge in [-0.15, -0.1) is 0 Å². The second-order valence-corrected chi connectivity index (χ2v) is 4.09. The number of nitrogens with zero attached hydrogens (tertiary/aromatic N) is 2. The van der Waals surface area contributed by atoms with E-state index in [9.17, 15) is 0 Å². The van der Waals surface area contributed by atoms with Gasteiger partial charge in [-0.05, 0) is 28.1 Å². The smallest absolute Gasteiger partial charge is 0.103 e. The summed E-state index contributed by atoms with van der Waals surface area (Å²) in [6.07, 6.45) is 3.56. The SMILES string of the molecule is N#Cc1c(Br)cccc1NCc1cn[nH]c1. The van der Waals surface area contributed by atoms with Crippen molar-refractivity contribution >= 4 is 21.6 Å². The van der Waals surface area contributed by atoms with Gasteiger partial charge in [0.1, 0.15) is 6.07 Å². The van der Waals surface area contributed by atoms with E-state index >= 15 is 0 Å². The van der Waals surface area contributed by atoms with Crippen LogP contribution in [0.3, 0.4) is 0 Å². The van der Waals surface area contributed by atoms with Crippen molar-refractivity contribution in [2.24, 2.45) is 0 Å². The Labute approximate surface area is 101 Å². The lowest BCUT2D eigenvalue weighted by Crippen LogP contribution is -2.00. The average Bonchev–Trinajstić information content (AvgIpc) is 2.79. The molecule has 2 rings (SSSR count). The first-order valence-corrected chi connectivity index (χ1v) is 5.50. The lowest BCUT2D eigenvalue weighted by molar-refractivity contribution is 1.09. The molecule has 2 aromatic rings. The van der Waals surface area contributed by atoms with Gasteiger partial charge in [-0.2, -0.15) is 10.4 Å². The topological polar surface area (TPSA) is 64.5 Å². The zero-order chi connectivity index (χ0) is 11.4. The summed E-state index contributed by atoms with van der Waals surface area (Å²) in [7, 11) is 0. The Morgan fingerprint density at radius 3 is 3.06 bits per heavy atom. The molecule has 0 aliphatic carbocycles. The molecule has 0 bridgehead atoms. The minimum atomic E-state index is 0.617. The zero-order valence-corrected chi connectivity index (χ0v) is 9.95. The summed E-state index contributed by atoms with van der Waals surface area (Å²) >= 11 is 3.35. The van der Waals surface area contributed by atoms with Gasteiger partial charge in [0.15, 0.2) is 0 Å². The number of aromatic amines is 1. The van der Waals surface area contributed by atoms with Crippen LogP contribution in [0.25, 0.3) is 0 Å². The van der Waals surface area contributed by atoms with E-state index < -0.39 is 0 Å². The monoisotopic (exact) mass is 276 g/mol. The largest absolute Gasteiger partial charge is 0.380 e. The first-order chi connectivity index (χ1) is 7.81. The van der Waals surface area contributed by atoms with Crippen molar-refractivity contribution in [3.63, 3.8) is 0 Å². The highest BCUT2D eigenvalue weighted by Gasteiger charge is 2.05. The van der Waals surface area contributed by atoms with E-state index in [-0.39, 0.29) is 0 Å². The molecular formula is C11H9BrN4. The van der Waals surface area contributed by atoms with Crippen LogP contribution in [0.2, 0.25) is 0 Å². The second-order valence-electron chi connectivity index (χ2n) is 3.23. The fourth-order valence-electron chi connectivity index (χ4n) is 1.36. The maximum atomic E-state index is 9.02. The van der Waals surface area contributed by atoms with Crippen LogP contribution in [0.1, 0.15) is 11.1 Å². The molecule has 1 aromatic heterocycles. The highest BCUT2D eigenvalue weighted by Crippen LogP contribution is 2.24. The van der Waals surface area contributed by atoms with Gasteiger partial charge in [0.05, 0.1) is 17.4 Å². The highest BCUT2D eigenvalue weighted by molar-refractivity contribution is 9.10. The maximum absolute atomic E-state index is 9.02. The van der Waals surface area contributed by atoms with Crippen molar-refractivity contribution in [1.29, 1.82) is 5.26 Å². The van der Waals surface area contributed by atoms with Gasteiger partial charge in [0.2, 0.25) is 0 Å². The number of halogens is 1. The van der Waals surface area contributed by atoms with Gasteiger partial charge >= 0.3 is 0 Å². The molecular weight excluding hydrogens is 268 g/mol. The lowest BCUT2D eigenvalue weighted by Gasteiger charge is -2.07. The summed E-state index contributed by atoms with van der Waals surface area (Å²) in [6.45, 7) is 0.641. The van der Waals surface area contributed by atoms with E-state index in [1.54, 1.807) is 6.20 Å². The molecule has 0 amide bonds. The van der Waals surface area contributed by atoms with Crippen LogP contribution >= 0.6 is 15.9 Å². The number of nitriles is 1. The van der Waals surface area contributed by atoms with E-state index in [0.29, 0.717) is 12.1 Å². The molecule has 80 valence electrons. The Kier molecular flexibility index (Phi) is 3.22. The van der Waals surface area contributed by atoms with Crippen LogP contribution in [0.15, 0.2) is 35.1 Å². The molecule has 0 saturated carbocycles. The van der Waals surface area contributed by atoms with Crippen LogP contribution < -0.4 is 5.32 Å². The third-order valence-electron chi connectivity index (χ3n) is 2.16. The third-order valence-corrected chi connectivity index (χ3v) is 2.82. The molecule has 1 heterocycles. The molecule has 0 saturated heterocycles. The van der Waals surface area contributed by atoms with Crippen molar-refractivity contribution < 1.29 is 0 Å². The van der Waals surface area contributed by atoms with Crippen LogP contribution in [-0.2, 0) is 6.54 Å². The second kappa shape index (κ2) is 4.81. The summed E-state index contributed by atoms with van der Waals surface area (Å²) in [6, 6.07) is 7.78. The number of H-pyrrole nitrogens is 1. The highest BCUT2D eigenvalue weighted by atomic mass is 79.9. The fraction of sp³-hybridized carbons (Fsp3) is 0.0909. The Balaban J connectivity index is 2.16. The minimum absolute atomic E-state index is 0.617. The summed E-state index contributed by atoms with van der Waals surface area (Å²) in [4.78, 5) is 0. The molecule has 4 nitrogen and oxygen atoms in total. The van der Waals surface area contributed by atoms with Crippen LogP contribution in [-0.4, -0.2) is 10.2 Å². The van der Waals surface area contributed by atoms with Gasteiger partial charge in [0, 0.05) is 22.8 Å². The Morgan fingerprint density at radius 2 is 2.38 bits per heavy atom. The van der Waals surface area contributed by atoms with Crippen molar-refractivity contribution in [2.75, 3.05) is 5.32 Å². The van der Waals surface area contributed by atoms with Gasteiger partial charge in [-0.3, -0.25) is 5.10 Å². The Hall–Kier alpha value is -1.80. The maximum Gasteiger partial charge on any atom is 0.103 e. The molecule has 1 aromatic carbocycles. The molecule has 2 N–H and O–H groups in total. The van der Waals surface area contributed by atoms with Gasteiger partial charge in [-0.25, -0.2) is 0 Å². The predicted molar refractivity (Wildman–Crippen MR) is 64.8 cm³/mol. The molecule has 0 aliphatic heterocycles. The summed E-state index contributed by atoms with van der Waals surface area (Å²) in [5.41, 5.74) is 2.48. The normalized spacial score (nSPS) is 9.75. The van der Waals surface area contributed by atoms with Gasteiger partial charge < -0.3 is 5.32 Å². The number of aromatic nitrogens is 2. The van der Waals surface area contributed by atoms with Crippen molar-refractivity contribution in [3.8, 4) is 6.07 Å². The molecule has 0 unspecified atom stereocenters. The molecule has 0 radical (unpaired) electrons. The third kappa shape index (κ3) is 2.23. The average molecular weight is 277 g/mol. The number of hydrogen-bond acceptors (Lipinski definition) is 3. The fourth-order valence-corrected chi connectivity index (χ4v) is 1.81. The number of hydrogen-bond donors (Lipinski definition) is 2. The standard InChI is InChI=1S/C11H9BrN4/c12-10-2-1-3-11(9(10)4-13)14-5-8-6-15-16-7-8/h1-3,6-7,14H,5H2,(H,15,16). The van der Waals surface area contributed by atoms with Crippen LogP contribution in [0, 0.1) is 11.3 Å². The molecule has 5 heteroatoms. The Bertz CT molecular complexity index is 513. The first-order valence-electron chi connectivity index (χ1n) is 4.71. The minimum Gasteiger partial charge on any atom is -0.380 e. The lowest BCUT2D eigenvalue weighted by atomic mass is 10.2. The number of benzene rings is 1. The van der Waals surface area contributed by atoms with E-state index in [4.69, 9.17) is 5.26 Å². The van der Waals surface area contributed by atoms with E-state index in [1.165, 1.54) is 0 Å². The molecule has 0 aliphatic rings. The van der Waals surface area contributed by atoms with Gasteiger partial charge in [-0.1, -0.05) is 6.07 Å².